The lowest BCUT2D eigenvalue weighted by Gasteiger charge is -2.10. The number of hydrogen-bond donors (Lipinski definition) is 1. The molecule has 0 unspecified atom stereocenters. The molecule has 2 N–H and O–H groups in total. The highest BCUT2D eigenvalue weighted by Crippen LogP contribution is 2.10. The van der Waals surface area contributed by atoms with Gasteiger partial charge >= 0.3 is 11.7 Å². The summed E-state index contributed by atoms with van der Waals surface area (Å²) in [5.41, 5.74) is -0.707. The van der Waals surface area contributed by atoms with Crippen molar-refractivity contribution in [2.24, 2.45) is 19.2 Å². The molecule has 0 saturated carbocycles. The molecule has 9 nitrogen and oxygen atoms in total. The summed E-state index contributed by atoms with van der Waals surface area (Å²) < 4.78 is 29.5. The van der Waals surface area contributed by atoms with E-state index >= 15 is 0 Å². The number of primary sulfonamides is 1. The van der Waals surface area contributed by atoms with Crippen molar-refractivity contribution in [1.82, 2.24) is 9.13 Å². The molecule has 0 spiro atoms. The van der Waals surface area contributed by atoms with Crippen molar-refractivity contribution in [3.05, 3.63) is 62.4 Å². The Hall–Kier alpha value is -2.72. The fourth-order valence-electron chi connectivity index (χ4n) is 1.92. The van der Waals surface area contributed by atoms with Crippen molar-refractivity contribution in [1.29, 1.82) is 0 Å². The summed E-state index contributed by atoms with van der Waals surface area (Å²) in [6.07, 6.45) is 0. The van der Waals surface area contributed by atoms with Gasteiger partial charge in [-0.2, -0.15) is 0 Å². The zero-order chi connectivity index (χ0) is 18.1. The Labute approximate surface area is 137 Å². The third-order valence-corrected chi connectivity index (χ3v) is 4.32. The molecule has 0 radical (unpaired) electrons. The van der Waals surface area contributed by atoms with E-state index in [0.717, 1.165) is 4.57 Å². The normalized spacial score (nSPS) is 11.3. The molecule has 2 rings (SSSR count). The first-order valence-corrected chi connectivity index (χ1v) is 8.22. The van der Waals surface area contributed by atoms with Gasteiger partial charge in [-0.25, -0.2) is 23.1 Å². The first-order chi connectivity index (χ1) is 11.1. The Balaban J connectivity index is 2.17. The van der Waals surface area contributed by atoms with Crippen LogP contribution in [-0.4, -0.2) is 23.5 Å². The summed E-state index contributed by atoms with van der Waals surface area (Å²) >= 11 is 0. The largest absolute Gasteiger partial charge is 0.456 e. The van der Waals surface area contributed by atoms with Crippen LogP contribution in [0.5, 0.6) is 0 Å². The predicted molar refractivity (Wildman–Crippen MR) is 83.9 cm³/mol. The number of hydrogen-bond acceptors (Lipinski definition) is 6. The van der Waals surface area contributed by atoms with Crippen LogP contribution in [0, 0.1) is 0 Å². The number of benzene rings is 1. The van der Waals surface area contributed by atoms with Gasteiger partial charge in [-0.3, -0.25) is 13.9 Å². The fraction of sp³-hybridized carbons (Fsp3) is 0.214. The quantitative estimate of drug-likeness (QED) is 0.708. The lowest BCUT2D eigenvalue weighted by atomic mass is 10.2. The van der Waals surface area contributed by atoms with Crippen molar-refractivity contribution >= 4 is 16.0 Å². The smallest absolute Gasteiger partial charge is 0.338 e. The number of carbonyl (C=O) groups is 1. The molecule has 24 heavy (non-hydrogen) atoms. The molecule has 0 fully saturated rings. The number of nitrogens with two attached hydrogens (primary N) is 1. The maximum Gasteiger partial charge on any atom is 0.338 e. The van der Waals surface area contributed by atoms with E-state index in [1.54, 1.807) is 0 Å². The summed E-state index contributed by atoms with van der Waals surface area (Å²) in [6.45, 7) is -0.280. The van der Waals surface area contributed by atoms with E-state index in [-0.39, 0.29) is 22.8 Å². The van der Waals surface area contributed by atoms with Crippen LogP contribution in [0.25, 0.3) is 0 Å². The molecule has 1 aromatic heterocycles. The molecular weight excluding hydrogens is 338 g/mol. The maximum atomic E-state index is 12.0. The van der Waals surface area contributed by atoms with E-state index in [4.69, 9.17) is 9.88 Å². The highest BCUT2D eigenvalue weighted by Gasteiger charge is 2.13. The lowest BCUT2D eigenvalue weighted by Crippen LogP contribution is -2.38. The molecule has 1 aromatic carbocycles. The number of esters is 1. The number of ether oxygens (including phenoxy) is 1. The van der Waals surface area contributed by atoms with Crippen molar-refractivity contribution in [2.45, 2.75) is 11.5 Å². The van der Waals surface area contributed by atoms with Crippen molar-refractivity contribution in [2.75, 3.05) is 0 Å². The van der Waals surface area contributed by atoms with E-state index in [9.17, 15) is 22.8 Å². The van der Waals surface area contributed by atoms with Gasteiger partial charge < -0.3 is 4.74 Å². The minimum atomic E-state index is -3.85. The van der Waals surface area contributed by atoms with E-state index in [1.807, 2.05) is 0 Å². The Morgan fingerprint density at radius 2 is 1.71 bits per heavy atom. The van der Waals surface area contributed by atoms with Gasteiger partial charge in [0.05, 0.1) is 16.2 Å². The molecule has 0 atom stereocenters. The molecule has 2 aromatic rings. The standard InChI is InChI=1S/C14H15N3O6S/c1-16-10(7-12(18)17(2)14(16)20)8-23-13(19)9-3-5-11(6-4-9)24(15,21)22/h3-7H,8H2,1-2H3,(H2,15,21,22). The van der Waals surface area contributed by atoms with Gasteiger partial charge in [0, 0.05) is 20.2 Å². The van der Waals surface area contributed by atoms with Crippen LogP contribution in [0.15, 0.2) is 44.8 Å². The molecule has 0 amide bonds. The Kier molecular flexibility index (Phi) is 4.71. The molecule has 1 heterocycles. The average molecular weight is 353 g/mol. The molecule has 0 saturated heterocycles. The molecule has 0 aliphatic rings. The number of aromatic nitrogens is 2. The van der Waals surface area contributed by atoms with Gasteiger partial charge in [-0.05, 0) is 24.3 Å². The van der Waals surface area contributed by atoms with Crippen molar-refractivity contribution in [3.8, 4) is 0 Å². The number of rotatable bonds is 4. The number of sulfonamides is 1. The Morgan fingerprint density at radius 1 is 1.12 bits per heavy atom. The molecule has 128 valence electrons. The second-order valence-electron chi connectivity index (χ2n) is 5.02. The highest BCUT2D eigenvalue weighted by molar-refractivity contribution is 7.89. The van der Waals surface area contributed by atoms with Crippen LogP contribution in [0.3, 0.4) is 0 Å². The first-order valence-electron chi connectivity index (χ1n) is 6.67. The van der Waals surface area contributed by atoms with Crippen LogP contribution in [0.4, 0.5) is 0 Å². The third kappa shape index (κ3) is 3.60. The van der Waals surface area contributed by atoms with Gasteiger partial charge in [0.15, 0.2) is 0 Å². The second kappa shape index (κ2) is 6.42. The summed E-state index contributed by atoms with van der Waals surface area (Å²) in [5, 5.41) is 4.97. The highest BCUT2D eigenvalue weighted by atomic mass is 32.2. The van der Waals surface area contributed by atoms with E-state index in [2.05, 4.69) is 0 Å². The summed E-state index contributed by atoms with van der Waals surface area (Å²) in [5.74, 6) is -0.732. The predicted octanol–water partition coefficient (Wildman–Crippen LogP) is -0.912. The Morgan fingerprint density at radius 3 is 2.25 bits per heavy atom. The van der Waals surface area contributed by atoms with E-state index in [1.165, 1.54) is 49.0 Å². The van der Waals surface area contributed by atoms with Crippen molar-refractivity contribution < 1.29 is 17.9 Å². The van der Waals surface area contributed by atoms with Gasteiger partial charge in [0.1, 0.15) is 6.61 Å². The zero-order valence-electron chi connectivity index (χ0n) is 12.9. The van der Waals surface area contributed by atoms with Crippen molar-refractivity contribution in [3.63, 3.8) is 0 Å². The third-order valence-electron chi connectivity index (χ3n) is 3.40. The molecule has 0 aliphatic heterocycles. The zero-order valence-corrected chi connectivity index (χ0v) is 13.7. The maximum absolute atomic E-state index is 12.0. The van der Waals surface area contributed by atoms with Crippen LogP contribution >= 0.6 is 0 Å². The van der Waals surface area contributed by atoms with Gasteiger partial charge in [0.25, 0.3) is 5.56 Å². The van der Waals surface area contributed by atoms with Crippen LogP contribution < -0.4 is 16.4 Å². The second-order valence-corrected chi connectivity index (χ2v) is 6.58. The Bertz CT molecular complexity index is 1000. The number of nitrogens with zero attached hydrogens (tertiary/aromatic N) is 2. The molecular formula is C14H15N3O6S. The summed E-state index contributed by atoms with van der Waals surface area (Å²) in [4.78, 5) is 35.2. The van der Waals surface area contributed by atoms with Gasteiger partial charge in [0.2, 0.25) is 10.0 Å². The minimum Gasteiger partial charge on any atom is -0.456 e. The SMILES string of the molecule is Cn1c(COC(=O)c2ccc(S(N)(=O)=O)cc2)cc(=O)n(C)c1=O. The van der Waals surface area contributed by atoms with Crippen LogP contribution in [0.1, 0.15) is 16.1 Å². The van der Waals surface area contributed by atoms with Crippen LogP contribution in [-0.2, 0) is 35.5 Å². The fourth-order valence-corrected chi connectivity index (χ4v) is 2.44. The summed E-state index contributed by atoms with van der Waals surface area (Å²) in [7, 11) is -1.06. The van der Waals surface area contributed by atoms with E-state index in [0.29, 0.717) is 0 Å². The first kappa shape index (κ1) is 17.6. The van der Waals surface area contributed by atoms with Gasteiger partial charge in [-0.15, -0.1) is 0 Å². The molecule has 0 bridgehead atoms. The topological polar surface area (TPSA) is 130 Å². The van der Waals surface area contributed by atoms with E-state index < -0.39 is 27.2 Å². The number of carbonyl (C=O) groups excluding carboxylic acids is 1. The van der Waals surface area contributed by atoms with Gasteiger partial charge in [-0.1, -0.05) is 0 Å². The minimum absolute atomic E-state index is 0.108. The van der Waals surface area contributed by atoms with Crippen LogP contribution in [0.2, 0.25) is 0 Å². The lowest BCUT2D eigenvalue weighted by molar-refractivity contribution is 0.0462. The molecule has 0 aliphatic carbocycles. The summed E-state index contributed by atoms with van der Waals surface area (Å²) in [6, 6.07) is 6.06. The molecule has 10 heteroatoms. The monoisotopic (exact) mass is 353 g/mol. The average Bonchev–Trinajstić information content (AvgIpc) is 2.54.